The van der Waals surface area contributed by atoms with E-state index in [0.29, 0.717) is 46.9 Å². The number of carbonyl (C=O) groups excluding carboxylic acids is 2. The zero-order chi connectivity index (χ0) is 34.0. The van der Waals surface area contributed by atoms with Crippen LogP contribution in [0.25, 0.3) is 0 Å². The fourth-order valence-corrected chi connectivity index (χ4v) is 6.33. The zero-order valence-electron chi connectivity index (χ0n) is 27.8. The molecular formula is C35H40N6O6S. The molecule has 4 aromatic rings. The van der Waals surface area contributed by atoms with E-state index in [1.807, 2.05) is 50.2 Å². The average Bonchev–Trinajstić information content (AvgIpc) is 3.10. The Balaban J connectivity index is 1.53. The van der Waals surface area contributed by atoms with Gasteiger partial charge in [-0.3, -0.25) is 14.6 Å². The lowest BCUT2D eigenvalue weighted by Gasteiger charge is -2.32. The second-order valence-corrected chi connectivity index (χ2v) is 12.0. The number of nitrogens with zero attached hydrogens (tertiary/aromatic N) is 5. The third-order valence-corrected chi connectivity index (χ3v) is 8.59. The van der Waals surface area contributed by atoms with Gasteiger partial charge in [-0.2, -0.15) is 0 Å². The first-order valence-corrected chi connectivity index (χ1v) is 16.4. The van der Waals surface area contributed by atoms with Crippen LogP contribution in [0.15, 0.2) is 72.1 Å². The normalized spacial score (nSPS) is 13.4. The number of hydrogen-bond donors (Lipinski definition) is 1. The molecule has 1 atom stereocenters. The zero-order valence-corrected chi connectivity index (χ0v) is 28.6. The molecule has 0 spiro atoms. The van der Waals surface area contributed by atoms with Gasteiger partial charge in [0.05, 0.1) is 40.3 Å². The largest absolute Gasteiger partial charge is 0.493 e. The van der Waals surface area contributed by atoms with Crippen LogP contribution in [0.3, 0.4) is 0 Å². The van der Waals surface area contributed by atoms with Crippen molar-refractivity contribution in [3.8, 4) is 17.2 Å². The lowest BCUT2D eigenvalue weighted by Crippen LogP contribution is -2.42. The Hall–Kier alpha value is -4.88. The van der Waals surface area contributed by atoms with Gasteiger partial charge in [0, 0.05) is 54.8 Å². The molecule has 252 valence electrons. The molecule has 2 aromatic carbocycles. The lowest BCUT2D eigenvalue weighted by atomic mass is 10.0. The number of benzene rings is 2. The second-order valence-electron chi connectivity index (χ2n) is 11.1. The number of hydrogen-bond acceptors (Lipinski definition) is 11. The van der Waals surface area contributed by atoms with Crippen LogP contribution < -0.4 is 24.4 Å². The highest BCUT2D eigenvalue weighted by Gasteiger charge is 2.34. The molecule has 0 radical (unpaired) electrons. The molecule has 1 fully saturated rings. The van der Waals surface area contributed by atoms with Gasteiger partial charge in [-0.25, -0.2) is 9.97 Å². The summed E-state index contributed by atoms with van der Waals surface area (Å²) in [7, 11) is 4.52. The van der Waals surface area contributed by atoms with E-state index >= 15 is 0 Å². The first kappa shape index (κ1) is 34.5. The monoisotopic (exact) mass is 672 g/mol. The van der Waals surface area contributed by atoms with Crippen molar-refractivity contribution in [3.63, 3.8) is 0 Å². The molecule has 48 heavy (non-hydrogen) atoms. The van der Waals surface area contributed by atoms with Crippen molar-refractivity contribution in [3.05, 3.63) is 89.5 Å². The van der Waals surface area contributed by atoms with Crippen LogP contribution in [-0.2, 0) is 20.9 Å². The van der Waals surface area contributed by atoms with Crippen LogP contribution >= 0.6 is 11.8 Å². The van der Waals surface area contributed by atoms with E-state index in [1.54, 1.807) is 30.6 Å². The van der Waals surface area contributed by atoms with Gasteiger partial charge >= 0.3 is 0 Å². The van der Waals surface area contributed by atoms with E-state index in [9.17, 15) is 9.59 Å². The summed E-state index contributed by atoms with van der Waals surface area (Å²) in [5, 5.41) is 3.53. The van der Waals surface area contributed by atoms with Gasteiger partial charge in [-0.1, -0.05) is 17.8 Å². The van der Waals surface area contributed by atoms with Crippen LogP contribution in [0, 0.1) is 13.8 Å². The number of morpholine rings is 1. The number of pyridine rings is 1. The van der Waals surface area contributed by atoms with Crippen molar-refractivity contribution in [1.82, 2.24) is 19.9 Å². The molecule has 13 heteroatoms. The smallest absolute Gasteiger partial charge is 0.251 e. The molecule has 0 aliphatic carbocycles. The van der Waals surface area contributed by atoms with Gasteiger partial charge in [-0.05, 0) is 73.5 Å². The highest BCUT2D eigenvalue weighted by atomic mass is 32.2. The maximum atomic E-state index is 14.5. The highest BCUT2D eigenvalue weighted by Crippen LogP contribution is 2.41. The molecule has 1 aliphatic rings. The minimum absolute atomic E-state index is 0.00833. The number of carbonyl (C=O) groups is 2. The highest BCUT2D eigenvalue weighted by molar-refractivity contribution is 7.99. The summed E-state index contributed by atoms with van der Waals surface area (Å²) in [6.07, 6.45) is 3.34. The average molecular weight is 673 g/mol. The number of nitrogens with one attached hydrogen (secondary N) is 1. The molecule has 0 bridgehead atoms. The number of thioether (sulfide) groups is 1. The van der Waals surface area contributed by atoms with Crippen LogP contribution in [0.4, 0.5) is 11.4 Å². The van der Waals surface area contributed by atoms with Crippen molar-refractivity contribution >= 4 is 35.0 Å². The van der Waals surface area contributed by atoms with Crippen molar-refractivity contribution < 1.29 is 28.5 Å². The maximum absolute atomic E-state index is 14.5. The van der Waals surface area contributed by atoms with Crippen LogP contribution in [-0.4, -0.2) is 85.1 Å². The standard InChI is InChI=1S/C35H40N6O6S/c1-23-17-24(2)38-35(37-23)48-22-31(42)41(21-25-7-6-12-36-20-25)32(26-18-29(44-3)33(46-5)30(19-26)45-4)34(43)39-27-8-10-28(11-9-27)40-13-15-47-16-14-40/h6-12,17-20,32H,13-16,21-22H2,1-5H3,(H,39,43). The summed E-state index contributed by atoms with van der Waals surface area (Å²) in [6.45, 7) is 6.80. The molecule has 0 saturated carbocycles. The molecule has 2 amide bonds. The first-order valence-electron chi connectivity index (χ1n) is 15.5. The maximum Gasteiger partial charge on any atom is 0.251 e. The van der Waals surface area contributed by atoms with Crippen molar-refractivity contribution in [2.75, 3.05) is 63.6 Å². The van der Waals surface area contributed by atoms with Crippen molar-refractivity contribution in [2.24, 2.45) is 0 Å². The Labute approximate surface area is 284 Å². The summed E-state index contributed by atoms with van der Waals surface area (Å²) in [5.41, 5.74) is 4.45. The summed E-state index contributed by atoms with van der Waals surface area (Å²) in [6, 6.07) is 15.5. The fraction of sp³-hybridized carbons (Fsp3) is 0.343. The van der Waals surface area contributed by atoms with E-state index in [2.05, 4.69) is 25.2 Å². The molecule has 1 N–H and O–H groups in total. The van der Waals surface area contributed by atoms with Crippen LogP contribution in [0.1, 0.15) is 28.6 Å². The Morgan fingerprint density at radius 1 is 0.958 bits per heavy atom. The quantitative estimate of drug-likeness (QED) is 0.155. The Kier molecular flexibility index (Phi) is 11.7. The minimum Gasteiger partial charge on any atom is -0.493 e. The Morgan fingerprint density at radius 2 is 1.62 bits per heavy atom. The summed E-state index contributed by atoms with van der Waals surface area (Å²) < 4.78 is 22.3. The number of ether oxygens (including phenoxy) is 4. The molecule has 3 heterocycles. The molecule has 1 saturated heterocycles. The number of methoxy groups -OCH3 is 3. The number of amides is 2. The second kappa shape index (κ2) is 16.3. The van der Waals surface area contributed by atoms with E-state index in [-0.39, 0.29) is 18.2 Å². The van der Waals surface area contributed by atoms with Gasteiger partial charge in [-0.15, -0.1) is 0 Å². The Morgan fingerprint density at radius 3 is 2.21 bits per heavy atom. The third-order valence-electron chi connectivity index (χ3n) is 7.76. The van der Waals surface area contributed by atoms with Crippen LogP contribution in [0.5, 0.6) is 17.2 Å². The van der Waals surface area contributed by atoms with Gasteiger partial charge in [0.25, 0.3) is 5.91 Å². The van der Waals surface area contributed by atoms with Crippen molar-refractivity contribution in [2.45, 2.75) is 31.6 Å². The topological polar surface area (TPSA) is 128 Å². The van der Waals surface area contributed by atoms with Gasteiger partial charge < -0.3 is 34.1 Å². The number of aromatic nitrogens is 3. The predicted octanol–water partition coefficient (Wildman–Crippen LogP) is 4.85. The molecular weight excluding hydrogens is 632 g/mol. The summed E-state index contributed by atoms with van der Waals surface area (Å²) in [4.78, 5) is 45.7. The van der Waals surface area contributed by atoms with Gasteiger partial charge in [0.2, 0.25) is 11.7 Å². The number of aryl methyl sites for hydroxylation is 2. The van der Waals surface area contributed by atoms with E-state index in [0.717, 1.165) is 35.7 Å². The Bertz CT molecular complexity index is 1660. The summed E-state index contributed by atoms with van der Waals surface area (Å²) in [5.74, 6) is 0.342. The molecule has 1 aliphatic heterocycles. The van der Waals surface area contributed by atoms with E-state index in [4.69, 9.17) is 18.9 Å². The van der Waals surface area contributed by atoms with Crippen molar-refractivity contribution in [1.29, 1.82) is 0 Å². The van der Waals surface area contributed by atoms with Crippen LogP contribution in [0.2, 0.25) is 0 Å². The molecule has 5 rings (SSSR count). The number of rotatable bonds is 13. The first-order chi connectivity index (χ1) is 23.3. The van der Waals surface area contributed by atoms with E-state index < -0.39 is 11.9 Å². The van der Waals surface area contributed by atoms with E-state index in [1.165, 1.54) is 38.0 Å². The van der Waals surface area contributed by atoms with Gasteiger partial charge in [0.1, 0.15) is 6.04 Å². The SMILES string of the molecule is COc1cc(C(C(=O)Nc2ccc(N3CCOCC3)cc2)N(Cc2cccnc2)C(=O)CSc2nc(C)cc(C)n2)cc(OC)c1OC. The number of anilines is 2. The minimum atomic E-state index is -1.11. The summed E-state index contributed by atoms with van der Waals surface area (Å²) >= 11 is 1.22. The lowest BCUT2D eigenvalue weighted by molar-refractivity contribution is -0.137. The fourth-order valence-electron chi connectivity index (χ4n) is 5.50. The third kappa shape index (κ3) is 8.52. The molecule has 1 unspecified atom stereocenters. The predicted molar refractivity (Wildman–Crippen MR) is 184 cm³/mol. The molecule has 2 aromatic heterocycles. The molecule has 12 nitrogen and oxygen atoms in total. The van der Waals surface area contributed by atoms with Gasteiger partial charge in [0.15, 0.2) is 16.7 Å².